The molecule has 3 N–H and O–H groups in total. The Bertz CT molecular complexity index is 1030. The van der Waals surface area contributed by atoms with E-state index < -0.39 is 18.1 Å². The van der Waals surface area contributed by atoms with Crippen LogP contribution in [-0.4, -0.2) is 35.9 Å². The van der Waals surface area contributed by atoms with E-state index >= 15 is 0 Å². The fourth-order valence-electron chi connectivity index (χ4n) is 3.48. The highest BCUT2D eigenvalue weighted by atomic mass is 16.5. The summed E-state index contributed by atoms with van der Waals surface area (Å²) in [5.41, 5.74) is 2.68. The molecule has 0 spiro atoms. The predicted octanol–water partition coefficient (Wildman–Crippen LogP) is 2.64. The molecule has 1 heterocycles. The topological polar surface area (TPSA) is 100 Å². The van der Waals surface area contributed by atoms with E-state index in [1.807, 2.05) is 60.8 Å². The number of hydrogen-bond acceptors (Lipinski definition) is 4. The van der Waals surface area contributed by atoms with Crippen molar-refractivity contribution < 1.29 is 19.1 Å². The highest BCUT2D eigenvalue weighted by molar-refractivity contribution is 5.87. The van der Waals surface area contributed by atoms with Crippen molar-refractivity contribution in [1.82, 2.24) is 15.6 Å². The number of carbonyl (C=O) groups is 3. The minimum Gasteiger partial charge on any atom is -0.467 e. The van der Waals surface area contributed by atoms with E-state index in [9.17, 15) is 14.4 Å². The zero-order valence-corrected chi connectivity index (χ0v) is 17.0. The van der Waals surface area contributed by atoms with Gasteiger partial charge in [-0.2, -0.15) is 0 Å². The summed E-state index contributed by atoms with van der Waals surface area (Å²) < 4.78 is 4.89. The average molecular weight is 407 g/mol. The largest absolute Gasteiger partial charge is 0.467 e. The van der Waals surface area contributed by atoms with Crippen LogP contribution in [0.25, 0.3) is 10.9 Å². The van der Waals surface area contributed by atoms with Gasteiger partial charge in [0.1, 0.15) is 6.04 Å². The molecule has 0 aliphatic heterocycles. The summed E-state index contributed by atoms with van der Waals surface area (Å²) in [5, 5.41) is 6.54. The number of H-pyrrole nitrogens is 1. The molecule has 0 aliphatic carbocycles. The average Bonchev–Trinajstić information content (AvgIpc) is 3.15. The summed E-state index contributed by atoms with van der Waals surface area (Å²) in [7, 11) is 1.29. The third-order valence-corrected chi connectivity index (χ3v) is 4.89. The molecule has 0 bridgehead atoms. The third-order valence-electron chi connectivity index (χ3n) is 4.89. The van der Waals surface area contributed by atoms with Crippen molar-refractivity contribution in [2.75, 3.05) is 7.11 Å². The molecule has 156 valence electrons. The molecule has 0 fully saturated rings. The summed E-state index contributed by atoms with van der Waals surface area (Å²) in [6.07, 6.45) is 2.13. The van der Waals surface area contributed by atoms with Crippen molar-refractivity contribution >= 4 is 28.7 Å². The van der Waals surface area contributed by atoms with Crippen LogP contribution in [0.3, 0.4) is 0 Å². The number of ether oxygens (including phenoxy) is 1. The molecule has 7 nitrogen and oxygen atoms in total. The van der Waals surface area contributed by atoms with Gasteiger partial charge in [0.25, 0.3) is 0 Å². The first-order valence-electron chi connectivity index (χ1n) is 9.72. The number of esters is 1. The molecule has 0 aliphatic rings. The summed E-state index contributed by atoms with van der Waals surface area (Å²) >= 11 is 0. The number of amides is 2. The summed E-state index contributed by atoms with van der Waals surface area (Å²) in [6.45, 7) is 1.40. The molecular formula is C23H25N3O4. The van der Waals surface area contributed by atoms with Crippen LogP contribution in [0.1, 0.15) is 30.5 Å². The fraction of sp³-hybridized carbons (Fsp3) is 0.261. The van der Waals surface area contributed by atoms with Gasteiger partial charge in [-0.1, -0.05) is 48.5 Å². The monoisotopic (exact) mass is 407 g/mol. The van der Waals surface area contributed by atoms with Crippen molar-refractivity contribution in [2.24, 2.45) is 0 Å². The van der Waals surface area contributed by atoms with Gasteiger partial charge in [-0.25, -0.2) is 4.79 Å². The van der Waals surface area contributed by atoms with Gasteiger partial charge in [0.15, 0.2) is 0 Å². The molecule has 0 saturated carbocycles. The van der Waals surface area contributed by atoms with Crippen molar-refractivity contribution in [2.45, 2.75) is 31.8 Å². The van der Waals surface area contributed by atoms with Gasteiger partial charge in [0.05, 0.1) is 19.6 Å². The lowest BCUT2D eigenvalue weighted by atomic mass is 10.0. The second-order valence-electron chi connectivity index (χ2n) is 7.07. The number of hydrogen-bond donors (Lipinski definition) is 3. The van der Waals surface area contributed by atoms with E-state index in [1.165, 1.54) is 14.0 Å². The number of fused-ring (bicyclic) bond motifs is 1. The Morgan fingerprint density at radius 3 is 2.40 bits per heavy atom. The zero-order valence-electron chi connectivity index (χ0n) is 17.0. The van der Waals surface area contributed by atoms with E-state index in [2.05, 4.69) is 15.6 Å². The number of carbonyl (C=O) groups excluding carboxylic acids is 3. The van der Waals surface area contributed by atoms with Crippen molar-refractivity contribution in [3.63, 3.8) is 0 Å². The maximum absolute atomic E-state index is 12.8. The third kappa shape index (κ3) is 5.26. The fourth-order valence-corrected chi connectivity index (χ4v) is 3.48. The molecule has 0 unspecified atom stereocenters. The SMILES string of the molecule is COC(=O)[C@H](Cc1c[nH]c2ccccc12)NC(=O)C[C@H](NC(C)=O)c1ccccc1. The molecule has 2 amide bonds. The lowest BCUT2D eigenvalue weighted by Crippen LogP contribution is -2.44. The highest BCUT2D eigenvalue weighted by Crippen LogP contribution is 2.20. The van der Waals surface area contributed by atoms with Crippen LogP contribution in [0.4, 0.5) is 0 Å². The van der Waals surface area contributed by atoms with Crippen LogP contribution in [0.15, 0.2) is 60.8 Å². The number of benzene rings is 2. The lowest BCUT2D eigenvalue weighted by Gasteiger charge is -2.21. The van der Waals surface area contributed by atoms with E-state index in [0.29, 0.717) is 6.42 Å². The maximum Gasteiger partial charge on any atom is 0.328 e. The summed E-state index contributed by atoms with van der Waals surface area (Å²) in [5.74, 6) is -1.11. The van der Waals surface area contributed by atoms with Crippen LogP contribution in [-0.2, 0) is 25.5 Å². The highest BCUT2D eigenvalue weighted by Gasteiger charge is 2.25. The predicted molar refractivity (Wildman–Crippen MR) is 114 cm³/mol. The second kappa shape index (κ2) is 9.73. The van der Waals surface area contributed by atoms with Crippen LogP contribution < -0.4 is 10.6 Å². The van der Waals surface area contributed by atoms with Gasteiger partial charge < -0.3 is 20.4 Å². The molecule has 7 heteroatoms. The number of aromatic amines is 1. The number of nitrogens with one attached hydrogen (secondary N) is 3. The van der Waals surface area contributed by atoms with Crippen LogP contribution >= 0.6 is 0 Å². The Labute approximate surface area is 174 Å². The number of rotatable bonds is 8. The van der Waals surface area contributed by atoms with E-state index in [-0.39, 0.29) is 18.2 Å². The minimum absolute atomic E-state index is 0.00493. The number of methoxy groups -OCH3 is 1. The molecule has 3 rings (SSSR count). The Morgan fingerprint density at radius 2 is 1.70 bits per heavy atom. The Kier molecular flexibility index (Phi) is 6.85. The molecule has 30 heavy (non-hydrogen) atoms. The van der Waals surface area contributed by atoms with Crippen LogP contribution in [0.5, 0.6) is 0 Å². The zero-order chi connectivity index (χ0) is 21.5. The first-order chi connectivity index (χ1) is 14.5. The quantitative estimate of drug-likeness (QED) is 0.500. The molecule has 2 atom stereocenters. The molecule has 2 aromatic carbocycles. The molecule has 0 radical (unpaired) electrons. The first kappa shape index (κ1) is 21.1. The first-order valence-corrected chi connectivity index (χ1v) is 9.72. The van der Waals surface area contributed by atoms with Crippen LogP contribution in [0, 0.1) is 0 Å². The van der Waals surface area contributed by atoms with Gasteiger partial charge in [0, 0.05) is 30.4 Å². The standard InChI is InChI=1S/C23H25N3O4/c1-15(27)25-20(16-8-4-3-5-9-16)13-22(28)26-21(23(29)30-2)12-17-14-24-19-11-7-6-10-18(17)19/h3-11,14,20-21,24H,12-13H2,1-2H3,(H,25,27)(H,26,28)/t20-,21-/m0/s1. The Balaban J connectivity index is 1.74. The number of para-hydroxylation sites is 1. The van der Waals surface area contributed by atoms with Gasteiger partial charge in [-0.3, -0.25) is 9.59 Å². The van der Waals surface area contributed by atoms with Crippen molar-refractivity contribution in [3.05, 3.63) is 71.9 Å². The van der Waals surface area contributed by atoms with Crippen molar-refractivity contribution in [1.29, 1.82) is 0 Å². The molecule has 0 saturated heterocycles. The lowest BCUT2D eigenvalue weighted by molar-refractivity contribution is -0.145. The van der Waals surface area contributed by atoms with Gasteiger partial charge in [-0.05, 0) is 17.2 Å². The molecule has 1 aromatic heterocycles. The van der Waals surface area contributed by atoms with Crippen molar-refractivity contribution in [3.8, 4) is 0 Å². The maximum atomic E-state index is 12.8. The van der Waals surface area contributed by atoms with E-state index in [4.69, 9.17) is 4.74 Å². The Morgan fingerprint density at radius 1 is 1.00 bits per heavy atom. The van der Waals surface area contributed by atoms with Gasteiger partial charge in [-0.15, -0.1) is 0 Å². The van der Waals surface area contributed by atoms with Crippen LogP contribution in [0.2, 0.25) is 0 Å². The molecule has 3 aromatic rings. The van der Waals surface area contributed by atoms with E-state index in [0.717, 1.165) is 22.0 Å². The van der Waals surface area contributed by atoms with Gasteiger partial charge in [0.2, 0.25) is 11.8 Å². The summed E-state index contributed by atoms with van der Waals surface area (Å²) in [4.78, 5) is 39.8. The van der Waals surface area contributed by atoms with E-state index in [1.54, 1.807) is 0 Å². The number of aromatic nitrogens is 1. The Hall–Kier alpha value is -3.61. The van der Waals surface area contributed by atoms with Gasteiger partial charge >= 0.3 is 5.97 Å². The minimum atomic E-state index is -0.838. The normalized spacial score (nSPS) is 12.7. The second-order valence-corrected chi connectivity index (χ2v) is 7.07. The summed E-state index contributed by atoms with van der Waals surface area (Å²) in [6, 6.07) is 15.7. The smallest absolute Gasteiger partial charge is 0.328 e. The molecular weight excluding hydrogens is 382 g/mol.